The van der Waals surface area contributed by atoms with E-state index in [1.54, 1.807) is 0 Å². The van der Waals surface area contributed by atoms with Crippen LogP contribution in [0.25, 0.3) is 0 Å². The lowest BCUT2D eigenvalue weighted by atomic mass is 9.78. The number of hydrogen-bond acceptors (Lipinski definition) is 5. The summed E-state index contributed by atoms with van der Waals surface area (Å²) >= 11 is 11.8. The highest BCUT2D eigenvalue weighted by molar-refractivity contribution is 6.34. The number of Topliss-reactive ketones (excluding diaryl/α,β-unsaturated/α-hetero) is 1. The lowest BCUT2D eigenvalue weighted by molar-refractivity contribution is -0.163. The van der Waals surface area contributed by atoms with Crippen molar-refractivity contribution in [1.29, 1.82) is 0 Å². The van der Waals surface area contributed by atoms with E-state index < -0.39 is 84.8 Å². The van der Waals surface area contributed by atoms with Crippen molar-refractivity contribution in [2.24, 2.45) is 17.6 Å². The van der Waals surface area contributed by atoms with E-state index in [1.807, 2.05) is 0 Å². The first-order valence-corrected chi connectivity index (χ1v) is 13.4. The maximum Gasteiger partial charge on any atom is 0.390 e. The van der Waals surface area contributed by atoms with E-state index in [2.05, 4.69) is 5.32 Å². The fourth-order valence-corrected chi connectivity index (χ4v) is 4.64. The minimum absolute atomic E-state index is 0.0637. The first kappa shape index (κ1) is 36.1. The molecule has 0 aliphatic carbocycles. The van der Waals surface area contributed by atoms with Crippen LogP contribution in [-0.4, -0.2) is 54.9 Å². The quantitative estimate of drug-likeness (QED) is 0.189. The highest BCUT2D eigenvalue weighted by Crippen LogP contribution is 2.29. The van der Waals surface area contributed by atoms with Gasteiger partial charge in [0.2, 0.25) is 5.78 Å². The molecular weight excluding hydrogens is 634 g/mol. The Morgan fingerprint density at radius 1 is 0.953 bits per heavy atom. The molecule has 2 aromatic rings. The monoisotopic (exact) mass is 661 g/mol. The molecule has 0 bridgehead atoms. The normalized spacial score (nSPS) is 14.2. The topological polar surface area (TPSA) is 111 Å². The predicted octanol–water partition coefficient (Wildman–Crippen LogP) is 5.25. The van der Waals surface area contributed by atoms with Gasteiger partial charge in [-0.2, -0.15) is 22.0 Å². The predicted molar refractivity (Wildman–Crippen MR) is 144 cm³/mol. The standard InChI is InChI=1S/C27H28Cl2F7N3O4/c1-13(2)22(24(41)27(35,36)25(42)38-6-5-26(32,33)34)23(37)20(8-14-3-4-18(30)19(31)7-14)39-21(40)12-43-17-10-15(28)9-16(29)11-17/h3-4,7,9-11,13,20,22-23H,5-6,8,12,37H2,1-2H3,(H,38,42)(H,39,40)/t20-,22-,23?/m0/s1. The van der Waals surface area contributed by atoms with Crippen molar-refractivity contribution in [2.75, 3.05) is 13.2 Å². The van der Waals surface area contributed by atoms with Gasteiger partial charge in [0.15, 0.2) is 18.2 Å². The summed E-state index contributed by atoms with van der Waals surface area (Å²) in [6, 6.07) is 3.77. The second-order valence-corrected chi connectivity index (χ2v) is 10.8. The fraction of sp³-hybridized carbons (Fsp3) is 0.444. The number of carbonyl (C=O) groups excluding carboxylic acids is 3. The zero-order valence-electron chi connectivity index (χ0n) is 22.7. The van der Waals surface area contributed by atoms with Crippen molar-refractivity contribution in [3.05, 3.63) is 63.6 Å². The Kier molecular flexibility index (Phi) is 12.6. The van der Waals surface area contributed by atoms with Crippen LogP contribution in [0.3, 0.4) is 0 Å². The molecule has 0 aromatic heterocycles. The van der Waals surface area contributed by atoms with Crippen LogP contribution in [0.2, 0.25) is 10.0 Å². The second-order valence-electron chi connectivity index (χ2n) is 9.93. The van der Waals surface area contributed by atoms with Gasteiger partial charge in [-0.05, 0) is 48.2 Å². The Morgan fingerprint density at radius 3 is 2.09 bits per heavy atom. The zero-order chi connectivity index (χ0) is 32.7. The molecule has 0 radical (unpaired) electrons. The first-order chi connectivity index (χ1) is 19.8. The molecule has 0 saturated carbocycles. The number of carbonyl (C=O) groups is 3. The van der Waals surface area contributed by atoms with Crippen LogP contribution in [0, 0.1) is 23.5 Å². The highest BCUT2D eigenvalue weighted by atomic mass is 35.5. The zero-order valence-corrected chi connectivity index (χ0v) is 24.2. The molecule has 238 valence electrons. The summed E-state index contributed by atoms with van der Waals surface area (Å²) < 4.78 is 99.7. The molecule has 43 heavy (non-hydrogen) atoms. The molecule has 0 aliphatic heterocycles. The average molecular weight is 662 g/mol. The van der Waals surface area contributed by atoms with Crippen LogP contribution in [0.5, 0.6) is 5.75 Å². The Morgan fingerprint density at radius 2 is 1.56 bits per heavy atom. The number of alkyl halides is 5. The lowest BCUT2D eigenvalue weighted by Crippen LogP contribution is -2.60. The number of ketones is 1. The van der Waals surface area contributed by atoms with Crippen molar-refractivity contribution in [3.63, 3.8) is 0 Å². The number of rotatable bonds is 14. The maximum atomic E-state index is 14.9. The number of hydrogen-bond donors (Lipinski definition) is 3. The van der Waals surface area contributed by atoms with Crippen LogP contribution in [0.1, 0.15) is 25.8 Å². The van der Waals surface area contributed by atoms with Gasteiger partial charge in [0.1, 0.15) is 5.75 Å². The van der Waals surface area contributed by atoms with Crippen molar-refractivity contribution in [1.82, 2.24) is 10.6 Å². The highest BCUT2D eigenvalue weighted by Gasteiger charge is 2.53. The third-order valence-electron chi connectivity index (χ3n) is 6.18. The molecule has 3 atom stereocenters. The number of nitrogens with two attached hydrogens (primary N) is 1. The SMILES string of the molecule is CC(C)[C@H](C(=O)C(F)(F)C(=O)NCCC(F)(F)F)C(N)[C@H](Cc1ccc(F)c(F)c1)NC(=O)COc1cc(Cl)cc(Cl)c1. The van der Waals surface area contributed by atoms with E-state index in [0.29, 0.717) is 0 Å². The minimum Gasteiger partial charge on any atom is -0.484 e. The van der Waals surface area contributed by atoms with Crippen LogP contribution >= 0.6 is 23.2 Å². The van der Waals surface area contributed by atoms with Gasteiger partial charge in [-0.3, -0.25) is 14.4 Å². The lowest BCUT2D eigenvalue weighted by Gasteiger charge is -2.34. The molecule has 0 fully saturated rings. The number of nitrogens with one attached hydrogen (secondary N) is 2. The summed E-state index contributed by atoms with van der Waals surface area (Å²) in [4.78, 5) is 37.8. The van der Waals surface area contributed by atoms with Gasteiger partial charge < -0.3 is 21.1 Å². The van der Waals surface area contributed by atoms with E-state index in [9.17, 15) is 45.1 Å². The summed E-state index contributed by atoms with van der Waals surface area (Å²) in [5.74, 6) is -15.1. The minimum atomic E-state index is -4.79. The first-order valence-electron chi connectivity index (χ1n) is 12.7. The summed E-state index contributed by atoms with van der Waals surface area (Å²) in [6.07, 6.45) is -6.74. The maximum absolute atomic E-state index is 14.9. The van der Waals surface area contributed by atoms with Crippen LogP contribution in [-0.2, 0) is 20.8 Å². The van der Waals surface area contributed by atoms with E-state index in [0.717, 1.165) is 18.2 Å². The largest absolute Gasteiger partial charge is 0.484 e. The third kappa shape index (κ3) is 10.8. The summed E-state index contributed by atoms with van der Waals surface area (Å²) in [6.45, 7) is 0.775. The molecule has 0 aliphatic rings. The van der Waals surface area contributed by atoms with Gasteiger partial charge >= 0.3 is 12.1 Å². The summed E-state index contributed by atoms with van der Waals surface area (Å²) in [7, 11) is 0. The number of halogens is 9. The van der Waals surface area contributed by atoms with Crippen LogP contribution in [0.4, 0.5) is 30.7 Å². The number of benzene rings is 2. The summed E-state index contributed by atoms with van der Waals surface area (Å²) in [5, 5.41) is 4.21. The van der Waals surface area contributed by atoms with Crippen molar-refractivity contribution in [3.8, 4) is 5.75 Å². The second kappa shape index (κ2) is 15.1. The van der Waals surface area contributed by atoms with Crippen molar-refractivity contribution in [2.45, 2.75) is 50.9 Å². The number of ether oxygens (including phenoxy) is 1. The molecule has 0 heterocycles. The van der Waals surface area contributed by atoms with Gasteiger partial charge in [-0.15, -0.1) is 0 Å². The molecule has 4 N–H and O–H groups in total. The Labute approximate surface area is 252 Å². The Bertz CT molecular complexity index is 1290. The van der Waals surface area contributed by atoms with E-state index >= 15 is 0 Å². The van der Waals surface area contributed by atoms with E-state index in [-0.39, 0.29) is 27.8 Å². The smallest absolute Gasteiger partial charge is 0.390 e. The van der Waals surface area contributed by atoms with Gasteiger partial charge in [-0.25, -0.2) is 8.78 Å². The molecule has 16 heteroatoms. The van der Waals surface area contributed by atoms with Crippen molar-refractivity contribution < 1.29 is 49.9 Å². The molecule has 2 rings (SSSR count). The van der Waals surface area contributed by atoms with Crippen molar-refractivity contribution >= 4 is 40.8 Å². The molecule has 0 saturated heterocycles. The molecule has 2 amide bonds. The molecule has 2 aromatic carbocycles. The fourth-order valence-electron chi connectivity index (χ4n) is 4.14. The molecule has 0 spiro atoms. The van der Waals surface area contributed by atoms with E-state index in [4.69, 9.17) is 33.7 Å². The van der Waals surface area contributed by atoms with Crippen LogP contribution < -0.4 is 21.1 Å². The van der Waals surface area contributed by atoms with E-state index in [1.165, 1.54) is 37.4 Å². The third-order valence-corrected chi connectivity index (χ3v) is 6.62. The average Bonchev–Trinajstić information content (AvgIpc) is 2.87. The number of amides is 2. The van der Waals surface area contributed by atoms with Gasteiger partial charge in [0.25, 0.3) is 11.8 Å². The summed E-state index contributed by atoms with van der Waals surface area (Å²) in [5.41, 5.74) is 6.30. The molecule has 7 nitrogen and oxygen atoms in total. The Balaban J connectivity index is 2.32. The van der Waals surface area contributed by atoms with Gasteiger partial charge in [0.05, 0.1) is 6.42 Å². The van der Waals surface area contributed by atoms with Crippen LogP contribution in [0.15, 0.2) is 36.4 Å². The van der Waals surface area contributed by atoms with Gasteiger partial charge in [-0.1, -0.05) is 43.1 Å². The molecule has 1 unspecified atom stereocenters. The van der Waals surface area contributed by atoms with Gasteiger partial charge in [0, 0.05) is 34.6 Å². The Hall–Kier alpha value is -3.10. The molecular formula is C27H28Cl2F7N3O4.